The molecule has 124 valence electrons. The number of nitrogens with zero attached hydrogens (tertiary/aromatic N) is 2. The fraction of sp³-hybridized carbons (Fsp3) is 0.421. The Hall–Kier alpha value is -2.23. The highest BCUT2D eigenvalue weighted by Gasteiger charge is 2.08. The maximum absolute atomic E-state index is 4.36. The van der Waals surface area contributed by atoms with E-state index in [-0.39, 0.29) is 0 Å². The summed E-state index contributed by atoms with van der Waals surface area (Å²) in [5, 5.41) is 4.81. The Morgan fingerprint density at radius 3 is 3.00 bits per heavy atom. The minimum absolute atomic E-state index is 0.875. The number of fused-ring (bicyclic) bond motifs is 1. The molecule has 0 bridgehead atoms. The molecule has 0 aliphatic heterocycles. The third-order valence-corrected chi connectivity index (χ3v) is 4.15. The van der Waals surface area contributed by atoms with Gasteiger partial charge in [0.2, 0.25) is 0 Å². The Bertz CT molecular complexity index is 669. The van der Waals surface area contributed by atoms with Crippen molar-refractivity contribution in [2.75, 3.05) is 27.2 Å². The quantitative estimate of drug-likeness (QED) is 0.356. The number of benzene rings is 1. The number of unbranched alkanes of at least 4 members (excludes halogenated alkanes) is 1. The molecule has 0 aliphatic carbocycles. The number of aliphatic imine (C=N–C) groups is 1. The van der Waals surface area contributed by atoms with Crippen LogP contribution in [-0.2, 0) is 6.42 Å². The van der Waals surface area contributed by atoms with Gasteiger partial charge in [0.05, 0.1) is 0 Å². The number of H-pyrrole nitrogens is 1. The zero-order valence-corrected chi connectivity index (χ0v) is 14.5. The lowest BCUT2D eigenvalue weighted by molar-refractivity contribution is 0.470. The number of rotatable bonds is 7. The average Bonchev–Trinajstić information content (AvgIpc) is 2.96. The van der Waals surface area contributed by atoms with E-state index in [1.165, 1.54) is 22.0 Å². The lowest BCUT2D eigenvalue weighted by Gasteiger charge is -2.21. The standard InChI is InChI=1S/C19H28N4/c1-5-6-7-13-23(4)19(20-3)21-12-11-16-14-22-17-10-8-9-15(2)18(16)17/h5,8-10,14,22H,1,6-7,11-13H2,2-4H3,(H,20,21). The van der Waals surface area contributed by atoms with Crippen LogP contribution in [-0.4, -0.2) is 43.0 Å². The third kappa shape index (κ3) is 4.38. The summed E-state index contributed by atoms with van der Waals surface area (Å²) in [4.78, 5) is 9.89. The van der Waals surface area contributed by atoms with Crippen molar-refractivity contribution in [3.63, 3.8) is 0 Å². The molecule has 2 rings (SSSR count). The van der Waals surface area contributed by atoms with E-state index in [1.807, 2.05) is 13.1 Å². The molecule has 1 aromatic heterocycles. The van der Waals surface area contributed by atoms with E-state index in [2.05, 4.69) is 65.1 Å². The summed E-state index contributed by atoms with van der Waals surface area (Å²) in [6.45, 7) is 7.79. The van der Waals surface area contributed by atoms with Gasteiger partial charge in [-0.2, -0.15) is 0 Å². The van der Waals surface area contributed by atoms with Gasteiger partial charge in [0.25, 0.3) is 0 Å². The highest BCUT2D eigenvalue weighted by molar-refractivity contribution is 5.86. The van der Waals surface area contributed by atoms with E-state index < -0.39 is 0 Å². The van der Waals surface area contributed by atoms with Crippen molar-refractivity contribution in [3.05, 3.63) is 48.2 Å². The Kier molecular flexibility index (Phi) is 6.27. The predicted octanol–water partition coefficient (Wildman–Crippen LogP) is 3.49. The van der Waals surface area contributed by atoms with Gasteiger partial charge in [0, 0.05) is 44.3 Å². The SMILES string of the molecule is C=CCCCN(C)C(=NC)NCCc1c[nH]c2cccc(C)c12. The number of hydrogen-bond donors (Lipinski definition) is 2. The number of aryl methyl sites for hydroxylation is 1. The van der Waals surface area contributed by atoms with Crippen LogP contribution >= 0.6 is 0 Å². The lowest BCUT2D eigenvalue weighted by Crippen LogP contribution is -2.40. The number of nitrogens with one attached hydrogen (secondary N) is 2. The summed E-state index contributed by atoms with van der Waals surface area (Å²) in [7, 11) is 3.91. The summed E-state index contributed by atoms with van der Waals surface area (Å²) >= 11 is 0. The summed E-state index contributed by atoms with van der Waals surface area (Å²) in [6.07, 6.45) is 7.20. The molecule has 2 aromatic rings. The smallest absolute Gasteiger partial charge is 0.193 e. The monoisotopic (exact) mass is 312 g/mol. The van der Waals surface area contributed by atoms with Gasteiger partial charge in [-0.1, -0.05) is 18.2 Å². The van der Waals surface area contributed by atoms with Crippen LogP contribution in [0.1, 0.15) is 24.0 Å². The molecule has 0 spiro atoms. The van der Waals surface area contributed by atoms with Gasteiger partial charge >= 0.3 is 0 Å². The first kappa shape index (κ1) is 17.1. The van der Waals surface area contributed by atoms with Crippen LogP contribution in [0.5, 0.6) is 0 Å². The minimum atomic E-state index is 0.875. The zero-order chi connectivity index (χ0) is 16.7. The molecule has 0 unspecified atom stereocenters. The number of aromatic nitrogens is 1. The molecule has 0 saturated heterocycles. The second kappa shape index (κ2) is 8.42. The number of guanidine groups is 1. The van der Waals surface area contributed by atoms with Crippen molar-refractivity contribution in [1.82, 2.24) is 15.2 Å². The molecule has 0 amide bonds. The second-order valence-corrected chi connectivity index (χ2v) is 5.89. The molecule has 1 heterocycles. The van der Waals surface area contributed by atoms with Crippen LogP contribution in [0.4, 0.5) is 0 Å². The van der Waals surface area contributed by atoms with Crippen molar-refractivity contribution >= 4 is 16.9 Å². The van der Waals surface area contributed by atoms with E-state index in [4.69, 9.17) is 0 Å². The van der Waals surface area contributed by atoms with Crippen molar-refractivity contribution in [1.29, 1.82) is 0 Å². The Morgan fingerprint density at radius 2 is 2.26 bits per heavy atom. The van der Waals surface area contributed by atoms with Crippen LogP contribution < -0.4 is 5.32 Å². The lowest BCUT2D eigenvalue weighted by atomic mass is 10.1. The van der Waals surface area contributed by atoms with Crippen LogP contribution in [0.15, 0.2) is 42.0 Å². The molecule has 2 N–H and O–H groups in total. The minimum Gasteiger partial charge on any atom is -0.361 e. The zero-order valence-electron chi connectivity index (χ0n) is 14.5. The maximum Gasteiger partial charge on any atom is 0.193 e. The predicted molar refractivity (Wildman–Crippen MR) is 100 cm³/mol. The topological polar surface area (TPSA) is 43.4 Å². The van der Waals surface area contributed by atoms with E-state index in [9.17, 15) is 0 Å². The summed E-state index contributed by atoms with van der Waals surface area (Å²) in [6, 6.07) is 6.39. The molecule has 0 atom stereocenters. The maximum atomic E-state index is 4.36. The Labute approximate surface area is 139 Å². The van der Waals surface area contributed by atoms with Gasteiger partial charge in [-0.05, 0) is 43.4 Å². The first-order chi connectivity index (χ1) is 11.2. The van der Waals surface area contributed by atoms with Gasteiger partial charge in [-0.25, -0.2) is 0 Å². The fourth-order valence-corrected chi connectivity index (χ4v) is 2.92. The average molecular weight is 312 g/mol. The normalized spacial score (nSPS) is 11.7. The van der Waals surface area contributed by atoms with Gasteiger partial charge < -0.3 is 15.2 Å². The van der Waals surface area contributed by atoms with Crippen molar-refractivity contribution < 1.29 is 0 Å². The number of hydrogen-bond acceptors (Lipinski definition) is 1. The van der Waals surface area contributed by atoms with Gasteiger partial charge in [-0.15, -0.1) is 6.58 Å². The van der Waals surface area contributed by atoms with Crippen molar-refractivity contribution in [2.24, 2.45) is 4.99 Å². The van der Waals surface area contributed by atoms with Crippen LogP contribution in [0.25, 0.3) is 10.9 Å². The first-order valence-corrected chi connectivity index (χ1v) is 8.25. The molecular formula is C19H28N4. The summed E-state index contributed by atoms with van der Waals surface area (Å²) in [5.74, 6) is 0.950. The first-order valence-electron chi connectivity index (χ1n) is 8.25. The molecule has 4 heteroatoms. The van der Waals surface area contributed by atoms with E-state index in [1.54, 1.807) is 0 Å². The molecule has 0 saturated carbocycles. The molecule has 0 fully saturated rings. The molecular weight excluding hydrogens is 284 g/mol. The highest BCUT2D eigenvalue weighted by atomic mass is 15.3. The van der Waals surface area contributed by atoms with Crippen LogP contribution in [0.3, 0.4) is 0 Å². The van der Waals surface area contributed by atoms with Crippen molar-refractivity contribution in [2.45, 2.75) is 26.2 Å². The molecule has 0 aliphatic rings. The Morgan fingerprint density at radius 1 is 1.43 bits per heavy atom. The highest BCUT2D eigenvalue weighted by Crippen LogP contribution is 2.22. The third-order valence-electron chi connectivity index (χ3n) is 4.15. The largest absolute Gasteiger partial charge is 0.361 e. The van der Waals surface area contributed by atoms with Gasteiger partial charge in [-0.3, -0.25) is 4.99 Å². The van der Waals surface area contributed by atoms with E-state index in [0.29, 0.717) is 0 Å². The number of allylic oxidation sites excluding steroid dienone is 1. The fourth-order valence-electron chi connectivity index (χ4n) is 2.92. The van der Waals surface area contributed by atoms with Crippen LogP contribution in [0.2, 0.25) is 0 Å². The molecule has 1 aromatic carbocycles. The molecule has 4 nitrogen and oxygen atoms in total. The Balaban J connectivity index is 1.91. The number of aromatic amines is 1. The van der Waals surface area contributed by atoms with Crippen LogP contribution in [0, 0.1) is 6.92 Å². The van der Waals surface area contributed by atoms with Gasteiger partial charge in [0.15, 0.2) is 5.96 Å². The molecule has 0 radical (unpaired) electrons. The van der Waals surface area contributed by atoms with E-state index >= 15 is 0 Å². The summed E-state index contributed by atoms with van der Waals surface area (Å²) < 4.78 is 0. The van der Waals surface area contributed by atoms with E-state index in [0.717, 1.165) is 38.3 Å². The van der Waals surface area contributed by atoms with Gasteiger partial charge in [0.1, 0.15) is 0 Å². The van der Waals surface area contributed by atoms with Crippen molar-refractivity contribution in [3.8, 4) is 0 Å². The summed E-state index contributed by atoms with van der Waals surface area (Å²) in [5.41, 5.74) is 3.89. The second-order valence-electron chi connectivity index (χ2n) is 5.89. The molecule has 23 heavy (non-hydrogen) atoms.